The molecule has 1 saturated carbocycles. The zero-order valence-electron chi connectivity index (χ0n) is 11.3. The van der Waals surface area contributed by atoms with E-state index in [2.05, 4.69) is 34.5 Å². The van der Waals surface area contributed by atoms with Crippen LogP contribution in [0, 0.1) is 11.8 Å². The van der Waals surface area contributed by atoms with Crippen molar-refractivity contribution in [3.8, 4) is 0 Å². The Morgan fingerprint density at radius 2 is 1.79 bits per heavy atom. The first-order chi connectivity index (χ1) is 8.90. The largest absolute Gasteiger partial charge is 0.240 e. The third kappa shape index (κ3) is 3.58. The van der Waals surface area contributed by atoms with Crippen molar-refractivity contribution in [3.05, 3.63) is 28.7 Å². The Hall–Kier alpha value is -0.390. The van der Waals surface area contributed by atoms with Gasteiger partial charge in [0.2, 0.25) is 10.0 Å². The summed E-state index contributed by atoms with van der Waals surface area (Å²) in [6, 6.07) is 6.81. The predicted octanol–water partition coefficient (Wildman–Crippen LogP) is 3.55. The van der Waals surface area contributed by atoms with Gasteiger partial charge >= 0.3 is 0 Å². The van der Waals surface area contributed by atoms with Crippen molar-refractivity contribution in [2.45, 2.75) is 44.0 Å². The highest BCUT2D eigenvalue weighted by atomic mass is 79.9. The molecule has 106 valence electrons. The smallest absolute Gasteiger partial charge is 0.208 e. The Bertz CT molecular complexity index is 527. The SMILES string of the molecule is C[C@H]1[C@H](C)CCC[C@@H]1NS(=O)(=O)c1ccc(Br)cc1. The summed E-state index contributed by atoms with van der Waals surface area (Å²) in [5, 5.41) is 0. The van der Waals surface area contributed by atoms with Gasteiger partial charge in [0.05, 0.1) is 4.90 Å². The average Bonchev–Trinajstić information content (AvgIpc) is 2.35. The van der Waals surface area contributed by atoms with Crippen LogP contribution < -0.4 is 4.72 Å². The molecule has 1 aromatic rings. The molecule has 3 atom stereocenters. The number of benzene rings is 1. The lowest BCUT2D eigenvalue weighted by Gasteiger charge is -2.34. The lowest BCUT2D eigenvalue weighted by molar-refractivity contribution is 0.227. The fourth-order valence-corrected chi connectivity index (χ4v) is 4.26. The summed E-state index contributed by atoms with van der Waals surface area (Å²) in [6.07, 6.45) is 3.22. The quantitative estimate of drug-likeness (QED) is 0.910. The van der Waals surface area contributed by atoms with Gasteiger partial charge in [-0.2, -0.15) is 0 Å². The summed E-state index contributed by atoms with van der Waals surface area (Å²) in [7, 11) is -3.40. The van der Waals surface area contributed by atoms with Gasteiger partial charge in [-0.05, 0) is 42.5 Å². The van der Waals surface area contributed by atoms with Gasteiger partial charge in [0.15, 0.2) is 0 Å². The van der Waals surface area contributed by atoms with Crippen molar-refractivity contribution < 1.29 is 8.42 Å². The molecule has 0 spiro atoms. The van der Waals surface area contributed by atoms with E-state index in [1.165, 1.54) is 6.42 Å². The molecule has 0 unspecified atom stereocenters. The van der Waals surface area contributed by atoms with Crippen molar-refractivity contribution in [3.63, 3.8) is 0 Å². The minimum atomic E-state index is -3.40. The molecule has 1 N–H and O–H groups in total. The molecular weight excluding hydrogens is 326 g/mol. The van der Waals surface area contributed by atoms with Crippen LogP contribution in [-0.2, 0) is 10.0 Å². The Balaban J connectivity index is 2.15. The number of nitrogens with one attached hydrogen (secondary N) is 1. The highest BCUT2D eigenvalue weighted by molar-refractivity contribution is 9.10. The third-order valence-corrected chi connectivity index (χ3v) is 6.17. The molecule has 1 aliphatic rings. The van der Waals surface area contributed by atoms with Crippen LogP contribution in [0.25, 0.3) is 0 Å². The molecule has 0 radical (unpaired) electrons. The molecule has 5 heteroatoms. The highest BCUT2D eigenvalue weighted by Gasteiger charge is 2.30. The van der Waals surface area contributed by atoms with Gasteiger partial charge in [-0.3, -0.25) is 0 Å². The second kappa shape index (κ2) is 5.94. The van der Waals surface area contributed by atoms with Gasteiger partial charge in [-0.15, -0.1) is 0 Å². The summed E-state index contributed by atoms with van der Waals surface area (Å²) in [5.41, 5.74) is 0. The molecule has 3 nitrogen and oxygen atoms in total. The summed E-state index contributed by atoms with van der Waals surface area (Å²) in [6.45, 7) is 4.34. The van der Waals surface area contributed by atoms with Gasteiger partial charge < -0.3 is 0 Å². The topological polar surface area (TPSA) is 46.2 Å². The van der Waals surface area contributed by atoms with E-state index >= 15 is 0 Å². The monoisotopic (exact) mass is 345 g/mol. The molecule has 19 heavy (non-hydrogen) atoms. The molecule has 0 saturated heterocycles. The summed E-state index contributed by atoms with van der Waals surface area (Å²) >= 11 is 3.31. The lowest BCUT2D eigenvalue weighted by Crippen LogP contribution is -2.43. The van der Waals surface area contributed by atoms with Gasteiger partial charge in [0.25, 0.3) is 0 Å². The summed E-state index contributed by atoms with van der Waals surface area (Å²) < 4.78 is 28.4. The second-order valence-corrected chi connectivity index (χ2v) is 8.08. The Kier molecular flexibility index (Phi) is 4.69. The molecule has 1 aromatic carbocycles. The van der Waals surface area contributed by atoms with E-state index in [9.17, 15) is 8.42 Å². The molecule has 1 aliphatic carbocycles. The molecule has 0 aromatic heterocycles. The fraction of sp³-hybridized carbons (Fsp3) is 0.571. The van der Waals surface area contributed by atoms with E-state index in [1.807, 2.05) is 0 Å². The molecule has 1 fully saturated rings. The third-order valence-electron chi connectivity index (χ3n) is 4.14. The van der Waals surface area contributed by atoms with Crippen molar-refractivity contribution in [1.29, 1.82) is 0 Å². The molecule has 0 bridgehead atoms. The van der Waals surface area contributed by atoms with Crippen LogP contribution in [-0.4, -0.2) is 14.5 Å². The van der Waals surface area contributed by atoms with Gasteiger partial charge in [-0.25, -0.2) is 13.1 Å². The van der Waals surface area contributed by atoms with Crippen LogP contribution in [0.2, 0.25) is 0 Å². The predicted molar refractivity (Wildman–Crippen MR) is 80.4 cm³/mol. The Morgan fingerprint density at radius 3 is 2.42 bits per heavy atom. The van der Waals surface area contributed by atoms with Crippen LogP contribution in [0.4, 0.5) is 0 Å². The first-order valence-corrected chi connectivity index (χ1v) is 8.95. The van der Waals surface area contributed by atoms with Crippen LogP contribution in [0.3, 0.4) is 0 Å². The van der Waals surface area contributed by atoms with E-state index in [0.29, 0.717) is 16.7 Å². The second-order valence-electron chi connectivity index (χ2n) is 5.45. The molecule has 2 rings (SSSR count). The van der Waals surface area contributed by atoms with E-state index < -0.39 is 10.0 Å². The summed E-state index contributed by atoms with van der Waals surface area (Å²) in [4.78, 5) is 0.334. The van der Waals surface area contributed by atoms with Crippen LogP contribution in [0.15, 0.2) is 33.6 Å². The molecule has 0 amide bonds. The van der Waals surface area contributed by atoms with E-state index in [4.69, 9.17) is 0 Å². The first-order valence-electron chi connectivity index (χ1n) is 6.68. The maximum atomic E-state index is 12.3. The highest BCUT2D eigenvalue weighted by Crippen LogP contribution is 2.30. The minimum Gasteiger partial charge on any atom is -0.208 e. The van der Waals surface area contributed by atoms with Gasteiger partial charge in [0.1, 0.15) is 0 Å². The number of rotatable bonds is 3. The Morgan fingerprint density at radius 1 is 1.16 bits per heavy atom. The number of sulfonamides is 1. The standard InChI is InChI=1S/C14H20BrNO2S/c1-10-4-3-5-14(11(10)2)16-19(17,18)13-8-6-12(15)7-9-13/h6-11,14,16H,3-5H2,1-2H3/t10-,11+,14+/m1/s1. The van der Waals surface area contributed by atoms with Crippen LogP contribution >= 0.6 is 15.9 Å². The van der Waals surface area contributed by atoms with Crippen molar-refractivity contribution in [2.75, 3.05) is 0 Å². The minimum absolute atomic E-state index is 0.0531. The maximum Gasteiger partial charge on any atom is 0.240 e. The fourth-order valence-electron chi connectivity index (χ4n) is 2.63. The number of hydrogen-bond acceptors (Lipinski definition) is 2. The lowest BCUT2D eigenvalue weighted by atomic mass is 9.78. The summed E-state index contributed by atoms with van der Waals surface area (Å²) in [5.74, 6) is 0.963. The van der Waals surface area contributed by atoms with E-state index in [1.54, 1.807) is 24.3 Å². The van der Waals surface area contributed by atoms with Crippen LogP contribution in [0.5, 0.6) is 0 Å². The normalized spacial score (nSPS) is 28.3. The van der Waals surface area contributed by atoms with Gasteiger partial charge in [-0.1, -0.05) is 42.6 Å². The number of halogens is 1. The van der Waals surface area contributed by atoms with Crippen molar-refractivity contribution >= 4 is 26.0 Å². The van der Waals surface area contributed by atoms with Crippen molar-refractivity contribution in [1.82, 2.24) is 4.72 Å². The average molecular weight is 346 g/mol. The molecule has 0 heterocycles. The molecule has 0 aliphatic heterocycles. The maximum absolute atomic E-state index is 12.3. The van der Waals surface area contributed by atoms with Crippen molar-refractivity contribution in [2.24, 2.45) is 11.8 Å². The Labute approximate surface area is 124 Å². The number of hydrogen-bond donors (Lipinski definition) is 1. The zero-order chi connectivity index (χ0) is 14.0. The van der Waals surface area contributed by atoms with E-state index in [-0.39, 0.29) is 6.04 Å². The molecular formula is C14H20BrNO2S. The van der Waals surface area contributed by atoms with Crippen LogP contribution in [0.1, 0.15) is 33.1 Å². The zero-order valence-corrected chi connectivity index (χ0v) is 13.7. The van der Waals surface area contributed by atoms with E-state index in [0.717, 1.165) is 17.3 Å². The first kappa shape index (κ1) is 15.0. The van der Waals surface area contributed by atoms with Gasteiger partial charge in [0, 0.05) is 10.5 Å².